The third-order valence-corrected chi connectivity index (χ3v) is 8.44. The molecule has 0 amide bonds. The Hall–Kier alpha value is -6.55. The number of nitriles is 3. The van der Waals surface area contributed by atoms with Crippen molar-refractivity contribution in [3.05, 3.63) is 144 Å². The van der Waals surface area contributed by atoms with E-state index in [-0.39, 0.29) is 6.17 Å². The minimum atomic E-state index is -0.332. The van der Waals surface area contributed by atoms with Crippen LogP contribution in [0.2, 0.25) is 0 Å². The van der Waals surface area contributed by atoms with Gasteiger partial charge in [-0.05, 0) is 77.9 Å². The first-order valence-electron chi connectivity index (χ1n) is 14.2. The Morgan fingerprint density at radius 3 is 1.86 bits per heavy atom. The van der Waals surface area contributed by atoms with E-state index in [2.05, 4.69) is 69.1 Å². The van der Waals surface area contributed by atoms with Crippen LogP contribution in [0.1, 0.15) is 28.4 Å². The van der Waals surface area contributed by atoms with E-state index in [4.69, 9.17) is 0 Å². The molecule has 0 fully saturated rings. The van der Waals surface area contributed by atoms with E-state index in [1.807, 2.05) is 84.9 Å². The molecule has 8 rings (SSSR count). The number of rotatable bonds is 3. The Balaban J connectivity index is 1.43. The smallest absolute Gasteiger partial charge is 0.125 e. The summed E-state index contributed by atoms with van der Waals surface area (Å²) in [6.07, 6.45) is 3.92. The second-order valence-electron chi connectivity index (χ2n) is 10.8. The number of hydrogen-bond donors (Lipinski definition) is 1. The van der Waals surface area contributed by atoms with Crippen LogP contribution in [-0.2, 0) is 0 Å². The van der Waals surface area contributed by atoms with Gasteiger partial charge < -0.3 is 9.88 Å². The number of nitrogens with one attached hydrogen (secondary N) is 1. The summed E-state index contributed by atoms with van der Waals surface area (Å²) in [6, 6.07) is 42.6. The monoisotopic (exact) mass is 562 g/mol. The number of para-hydroxylation sites is 2. The number of hydrogen-bond acceptors (Lipinski definition) is 4. The van der Waals surface area contributed by atoms with Gasteiger partial charge >= 0.3 is 0 Å². The topological polar surface area (TPSA) is 93.3 Å². The molecule has 6 heteroatoms. The number of benzene rings is 5. The predicted molar refractivity (Wildman–Crippen MR) is 174 cm³/mol. The van der Waals surface area contributed by atoms with E-state index in [1.165, 1.54) is 0 Å². The fourth-order valence-corrected chi connectivity index (χ4v) is 6.54. The van der Waals surface area contributed by atoms with Crippen LogP contribution in [0.4, 0.5) is 0 Å². The van der Waals surface area contributed by atoms with Crippen LogP contribution < -0.4 is 5.32 Å². The van der Waals surface area contributed by atoms with Crippen molar-refractivity contribution in [2.24, 2.45) is 0 Å². The summed E-state index contributed by atoms with van der Waals surface area (Å²) in [5.74, 6) is 0.843. The van der Waals surface area contributed by atoms with Gasteiger partial charge in [0.05, 0.1) is 57.0 Å². The summed E-state index contributed by atoms with van der Waals surface area (Å²) >= 11 is 0. The van der Waals surface area contributed by atoms with Crippen LogP contribution in [0.3, 0.4) is 0 Å². The fourth-order valence-electron chi connectivity index (χ4n) is 6.54. The zero-order valence-corrected chi connectivity index (χ0v) is 23.4. The number of nitrogens with zero attached hydrogens (tertiary/aromatic N) is 5. The highest BCUT2D eigenvalue weighted by Gasteiger charge is 2.25. The summed E-state index contributed by atoms with van der Waals surface area (Å²) in [4.78, 5) is 0. The van der Waals surface area contributed by atoms with Crippen molar-refractivity contribution in [1.29, 1.82) is 15.8 Å². The maximum atomic E-state index is 10.0. The quantitative estimate of drug-likeness (QED) is 0.235. The maximum absolute atomic E-state index is 10.0. The molecule has 1 aliphatic rings. The highest BCUT2D eigenvalue weighted by molar-refractivity contribution is 6.11. The zero-order chi connectivity index (χ0) is 29.8. The summed E-state index contributed by atoms with van der Waals surface area (Å²) in [5.41, 5.74) is 7.57. The Morgan fingerprint density at radius 2 is 1.14 bits per heavy atom. The maximum Gasteiger partial charge on any atom is 0.125 e. The minimum Gasteiger partial charge on any atom is -0.347 e. The molecule has 1 atom stereocenters. The SMILES string of the molecule is N#Cc1ccc2c(c1)c1ccccc1n2C1=CC(c2ccccc2C#N)=CC(n2c3ccccc3c3cc(C#N)ccc32)N1. The summed E-state index contributed by atoms with van der Waals surface area (Å²) < 4.78 is 4.46. The number of aromatic nitrogens is 2. The molecule has 2 aromatic heterocycles. The first-order chi connectivity index (χ1) is 21.7. The lowest BCUT2D eigenvalue weighted by Gasteiger charge is -2.29. The van der Waals surface area contributed by atoms with Gasteiger partial charge in [0.1, 0.15) is 12.0 Å². The number of allylic oxidation sites excluding steroid dienone is 2. The number of fused-ring (bicyclic) bond motifs is 6. The van der Waals surface area contributed by atoms with Gasteiger partial charge in [-0.15, -0.1) is 0 Å². The molecule has 5 aromatic carbocycles. The van der Waals surface area contributed by atoms with Gasteiger partial charge in [0.25, 0.3) is 0 Å². The molecule has 44 heavy (non-hydrogen) atoms. The Morgan fingerprint density at radius 1 is 0.568 bits per heavy atom. The Labute approximate surface area is 252 Å². The second kappa shape index (κ2) is 9.78. The van der Waals surface area contributed by atoms with Crippen molar-refractivity contribution >= 4 is 55.0 Å². The molecule has 3 heterocycles. The lowest BCUT2D eigenvalue weighted by Crippen LogP contribution is -2.29. The van der Waals surface area contributed by atoms with Gasteiger partial charge in [0.15, 0.2) is 0 Å². The summed E-state index contributed by atoms with van der Waals surface area (Å²) in [7, 11) is 0. The molecule has 7 aromatic rings. The Bertz CT molecular complexity index is 2520. The summed E-state index contributed by atoms with van der Waals surface area (Å²) in [6.45, 7) is 0. The predicted octanol–water partition coefficient (Wildman–Crippen LogP) is 8.20. The Kier molecular flexibility index (Phi) is 5.60. The first-order valence-corrected chi connectivity index (χ1v) is 14.2. The van der Waals surface area contributed by atoms with Crippen molar-refractivity contribution in [1.82, 2.24) is 14.5 Å². The van der Waals surface area contributed by atoms with Crippen molar-refractivity contribution in [2.75, 3.05) is 0 Å². The van der Waals surface area contributed by atoms with Gasteiger partial charge in [-0.2, -0.15) is 15.8 Å². The van der Waals surface area contributed by atoms with E-state index in [0.717, 1.165) is 60.6 Å². The molecule has 0 bridgehead atoms. The average molecular weight is 563 g/mol. The molecule has 204 valence electrons. The third-order valence-electron chi connectivity index (χ3n) is 8.44. The van der Waals surface area contributed by atoms with Crippen molar-refractivity contribution in [3.63, 3.8) is 0 Å². The van der Waals surface area contributed by atoms with Gasteiger partial charge in [-0.1, -0.05) is 54.6 Å². The van der Waals surface area contributed by atoms with Crippen LogP contribution in [0.5, 0.6) is 0 Å². The average Bonchev–Trinajstić information content (AvgIpc) is 3.60. The molecule has 0 saturated heterocycles. The van der Waals surface area contributed by atoms with E-state index < -0.39 is 0 Å². The molecular weight excluding hydrogens is 540 g/mol. The fraction of sp³-hybridized carbons (Fsp3) is 0.0263. The molecule has 1 unspecified atom stereocenters. The largest absolute Gasteiger partial charge is 0.347 e. The minimum absolute atomic E-state index is 0.332. The highest BCUT2D eigenvalue weighted by atomic mass is 15.3. The van der Waals surface area contributed by atoms with Crippen molar-refractivity contribution < 1.29 is 0 Å². The third kappa shape index (κ3) is 3.71. The zero-order valence-electron chi connectivity index (χ0n) is 23.4. The molecule has 1 N–H and O–H groups in total. The highest BCUT2D eigenvalue weighted by Crippen LogP contribution is 2.39. The van der Waals surface area contributed by atoms with Gasteiger partial charge in [-0.25, -0.2) is 0 Å². The van der Waals surface area contributed by atoms with Crippen LogP contribution in [0.25, 0.3) is 55.0 Å². The van der Waals surface area contributed by atoms with E-state index in [1.54, 1.807) is 0 Å². The van der Waals surface area contributed by atoms with E-state index >= 15 is 0 Å². The summed E-state index contributed by atoms with van der Waals surface area (Å²) in [5, 5.41) is 37.3. The lowest BCUT2D eigenvalue weighted by atomic mass is 9.97. The van der Waals surface area contributed by atoms with Crippen LogP contribution in [0, 0.1) is 34.0 Å². The second-order valence-corrected chi connectivity index (χ2v) is 10.8. The first kappa shape index (κ1) is 25.2. The molecular formula is C38H22N6. The van der Waals surface area contributed by atoms with Crippen molar-refractivity contribution in [3.8, 4) is 18.2 Å². The van der Waals surface area contributed by atoms with Gasteiger partial charge in [-0.3, -0.25) is 4.57 Å². The molecule has 0 spiro atoms. The van der Waals surface area contributed by atoms with Crippen LogP contribution >= 0.6 is 0 Å². The normalized spacial score (nSPS) is 14.5. The lowest BCUT2D eigenvalue weighted by molar-refractivity contribution is 0.579. The molecule has 1 aliphatic heterocycles. The van der Waals surface area contributed by atoms with E-state index in [0.29, 0.717) is 16.7 Å². The van der Waals surface area contributed by atoms with Crippen LogP contribution in [0.15, 0.2) is 121 Å². The molecule has 0 aliphatic carbocycles. The van der Waals surface area contributed by atoms with E-state index in [9.17, 15) is 15.8 Å². The molecule has 0 saturated carbocycles. The van der Waals surface area contributed by atoms with Gasteiger partial charge in [0, 0.05) is 21.5 Å². The van der Waals surface area contributed by atoms with Crippen LogP contribution in [-0.4, -0.2) is 9.13 Å². The standard InChI is InChI=1S/C38H22N6/c39-21-24-13-15-35-31(17-24)29-9-3-5-11-33(29)43(35)37-19-27(28-8-2-1-7-26(28)23-41)20-38(42-37)44-34-12-6-4-10-30(34)32-18-25(22-40)14-16-36(32)44/h1-20,37,42H. The van der Waals surface area contributed by atoms with Crippen molar-refractivity contribution in [2.45, 2.75) is 6.17 Å². The molecule has 0 radical (unpaired) electrons. The molecule has 6 nitrogen and oxygen atoms in total. The van der Waals surface area contributed by atoms with Gasteiger partial charge in [0.2, 0.25) is 0 Å². The number of dihydropyridines is 1.